The van der Waals surface area contributed by atoms with Crippen LogP contribution in [0.3, 0.4) is 0 Å². The van der Waals surface area contributed by atoms with Crippen molar-refractivity contribution in [3.63, 3.8) is 0 Å². The highest BCUT2D eigenvalue weighted by molar-refractivity contribution is 7.90. The molecule has 21 heavy (non-hydrogen) atoms. The zero-order valence-electron chi connectivity index (χ0n) is 12.0. The lowest BCUT2D eigenvalue weighted by molar-refractivity contribution is 0.0697. The van der Waals surface area contributed by atoms with E-state index in [-0.39, 0.29) is 11.3 Å². The Hall–Kier alpha value is -1.60. The van der Waals surface area contributed by atoms with Gasteiger partial charge in [0.15, 0.2) is 0 Å². The van der Waals surface area contributed by atoms with E-state index in [1.807, 2.05) is 0 Å². The number of carboxylic acids is 1. The summed E-state index contributed by atoms with van der Waals surface area (Å²) in [6, 6.07) is 4.76. The zero-order chi connectivity index (χ0) is 15.5. The molecule has 1 aromatic carbocycles. The maximum absolute atomic E-state index is 12.4. The summed E-state index contributed by atoms with van der Waals surface area (Å²) >= 11 is 0. The van der Waals surface area contributed by atoms with Crippen molar-refractivity contribution in [3.8, 4) is 0 Å². The van der Waals surface area contributed by atoms with E-state index in [0.29, 0.717) is 18.7 Å². The first kappa shape index (κ1) is 15.8. The highest BCUT2D eigenvalue weighted by atomic mass is 32.2. The van der Waals surface area contributed by atoms with Crippen LogP contribution in [0, 0.1) is 6.92 Å². The van der Waals surface area contributed by atoms with Gasteiger partial charge in [-0.25, -0.2) is 4.79 Å². The lowest BCUT2D eigenvalue weighted by atomic mass is 10.1. The Kier molecular flexibility index (Phi) is 4.84. The molecule has 0 spiro atoms. The second-order valence-electron chi connectivity index (χ2n) is 5.22. The molecule has 0 amide bonds. The molecule has 6 nitrogen and oxygen atoms in total. The van der Waals surface area contributed by atoms with Gasteiger partial charge < -0.3 is 5.11 Å². The summed E-state index contributed by atoms with van der Waals surface area (Å²) in [4.78, 5) is 11.3. The predicted octanol–water partition coefficient (Wildman–Crippen LogP) is 2.23. The first-order valence-corrected chi connectivity index (χ1v) is 8.46. The number of hydrogen-bond donors (Lipinski definition) is 2. The van der Waals surface area contributed by atoms with E-state index in [1.54, 1.807) is 19.1 Å². The van der Waals surface area contributed by atoms with Crippen molar-refractivity contribution in [2.45, 2.75) is 32.6 Å². The number of carbonyl (C=O) groups is 1. The second-order valence-corrected chi connectivity index (χ2v) is 6.89. The van der Waals surface area contributed by atoms with Crippen LogP contribution in [0.25, 0.3) is 0 Å². The number of benzene rings is 1. The van der Waals surface area contributed by atoms with Gasteiger partial charge in [-0.15, -0.1) is 0 Å². The minimum absolute atomic E-state index is 0.00380. The van der Waals surface area contributed by atoms with Gasteiger partial charge in [0.2, 0.25) is 0 Å². The molecule has 1 aliphatic rings. The number of hydrogen-bond acceptors (Lipinski definition) is 3. The molecule has 1 saturated heterocycles. The lowest BCUT2D eigenvalue weighted by Gasteiger charge is -2.21. The number of carboxylic acid groups (broad SMARTS) is 1. The summed E-state index contributed by atoms with van der Waals surface area (Å²) in [6.07, 6.45) is 3.72. The molecule has 0 atom stereocenters. The molecule has 7 heteroatoms. The molecule has 116 valence electrons. The van der Waals surface area contributed by atoms with Crippen molar-refractivity contribution in [1.29, 1.82) is 0 Å². The summed E-state index contributed by atoms with van der Waals surface area (Å²) in [6.45, 7) is 2.60. The summed E-state index contributed by atoms with van der Waals surface area (Å²) < 4.78 is 28.7. The highest BCUT2D eigenvalue weighted by Crippen LogP contribution is 2.22. The Morgan fingerprint density at radius 3 is 2.38 bits per heavy atom. The molecule has 0 aromatic heterocycles. The minimum atomic E-state index is -3.71. The van der Waals surface area contributed by atoms with Gasteiger partial charge in [-0.2, -0.15) is 12.7 Å². The van der Waals surface area contributed by atoms with Crippen LogP contribution < -0.4 is 4.72 Å². The second kappa shape index (κ2) is 6.44. The number of rotatable bonds is 4. The van der Waals surface area contributed by atoms with Crippen LogP contribution in [0.4, 0.5) is 5.69 Å². The van der Waals surface area contributed by atoms with Crippen LogP contribution in [0.15, 0.2) is 18.2 Å². The maximum atomic E-state index is 12.4. The Morgan fingerprint density at radius 1 is 1.19 bits per heavy atom. The molecule has 1 aliphatic heterocycles. The van der Waals surface area contributed by atoms with Gasteiger partial charge in [-0.1, -0.05) is 25.0 Å². The van der Waals surface area contributed by atoms with Crippen molar-refractivity contribution in [2.24, 2.45) is 0 Å². The molecular weight excluding hydrogens is 292 g/mol. The third kappa shape index (κ3) is 3.74. The van der Waals surface area contributed by atoms with E-state index in [0.717, 1.165) is 25.7 Å². The topological polar surface area (TPSA) is 86.7 Å². The molecule has 2 rings (SSSR count). The van der Waals surface area contributed by atoms with Gasteiger partial charge in [0.05, 0.1) is 11.3 Å². The van der Waals surface area contributed by atoms with Crippen molar-refractivity contribution in [3.05, 3.63) is 29.3 Å². The van der Waals surface area contributed by atoms with Gasteiger partial charge in [0, 0.05) is 13.1 Å². The SMILES string of the molecule is Cc1cccc(NS(=O)(=O)N2CCCCCC2)c1C(=O)O. The predicted molar refractivity (Wildman–Crippen MR) is 80.7 cm³/mol. The fourth-order valence-electron chi connectivity index (χ4n) is 2.52. The van der Waals surface area contributed by atoms with Crippen LogP contribution in [0.2, 0.25) is 0 Å². The highest BCUT2D eigenvalue weighted by Gasteiger charge is 2.25. The quantitative estimate of drug-likeness (QED) is 0.892. The van der Waals surface area contributed by atoms with E-state index < -0.39 is 16.2 Å². The zero-order valence-corrected chi connectivity index (χ0v) is 12.8. The molecule has 2 N–H and O–H groups in total. The average molecular weight is 312 g/mol. The van der Waals surface area contributed by atoms with Crippen molar-refractivity contribution in [2.75, 3.05) is 17.8 Å². The Morgan fingerprint density at radius 2 is 1.81 bits per heavy atom. The fraction of sp³-hybridized carbons (Fsp3) is 0.500. The van der Waals surface area contributed by atoms with Crippen LogP contribution in [0.5, 0.6) is 0 Å². The molecule has 1 heterocycles. The average Bonchev–Trinajstić information content (AvgIpc) is 2.67. The van der Waals surface area contributed by atoms with Crippen LogP contribution in [-0.2, 0) is 10.2 Å². The fourth-order valence-corrected chi connectivity index (χ4v) is 3.84. The number of aromatic carboxylic acids is 1. The molecule has 0 unspecified atom stereocenters. The summed E-state index contributed by atoms with van der Waals surface area (Å²) in [5.41, 5.74) is 0.640. The first-order valence-electron chi connectivity index (χ1n) is 7.02. The number of nitrogens with one attached hydrogen (secondary N) is 1. The van der Waals surface area contributed by atoms with E-state index in [1.165, 1.54) is 10.4 Å². The molecule has 0 aliphatic carbocycles. The molecule has 0 bridgehead atoms. The van der Waals surface area contributed by atoms with Gasteiger partial charge in [0.25, 0.3) is 0 Å². The van der Waals surface area contributed by atoms with Gasteiger partial charge in [0.1, 0.15) is 0 Å². The van der Waals surface area contributed by atoms with E-state index in [2.05, 4.69) is 4.72 Å². The normalized spacial score (nSPS) is 17.2. The molecule has 0 saturated carbocycles. The van der Waals surface area contributed by atoms with Gasteiger partial charge in [-0.3, -0.25) is 4.72 Å². The van der Waals surface area contributed by atoms with Crippen molar-refractivity contribution in [1.82, 2.24) is 4.31 Å². The van der Waals surface area contributed by atoms with Crippen molar-refractivity contribution < 1.29 is 18.3 Å². The molecule has 1 aromatic rings. The van der Waals surface area contributed by atoms with Crippen LogP contribution >= 0.6 is 0 Å². The maximum Gasteiger partial charge on any atom is 0.338 e. The van der Waals surface area contributed by atoms with Gasteiger partial charge >= 0.3 is 16.2 Å². The van der Waals surface area contributed by atoms with Crippen LogP contribution in [-0.4, -0.2) is 36.9 Å². The minimum Gasteiger partial charge on any atom is -0.478 e. The molecule has 0 radical (unpaired) electrons. The Bertz CT molecular complexity index is 620. The number of nitrogens with zero attached hydrogens (tertiary/aromatic N) is 1. The summed E-state index contributed by atoms with van der Waals surface area (Å²) in [7, 11) is -3.71. The van der Waals surface area contributed by atoms with Crippen LogP contribution in [0.1, 0.15) is 41.6 Å². The summed E-state index contributed by atoms with van der Waals surface area (Å²) in [5.74, 6) is -1.14. The lowest BCUT2D eigenvalue weighted by Crippen LogP contribution is -2.37. The summed E-state index contributed by atoms with van der Waals surface area (Å²) in [5, 5.41) is 9.25. The van der Waals surface area contributed by atoms with Gasteiger partial charge in [-0.05, 0) is 31.4 Å². The smallest absolute Gasteiger partial charge is 0.338 e. The first-order chi connectivity index (χ1) is 9.92. The third-order valence-corrected chi connectivity index (χ3v) is 5.15. The standard InChI is InChI=1S/C14H20N2O4S/c1-11-7-6-8-12(13(11)14(17)18)15-21(19,20)16-9-4-2-3-5-10-16/h6-8,15H,2-5,9-10H2,1H3,(H,17,18). The Balaban J connectivity index is 2.28. The van der Waals surface area contributed by atoms with Crippen molar-refractivity contribution >= 4 is 21.9 Å². The van der Waals surface area contributed by atoms with E-state index in [4.69, 9.17) is 0 Å². The Labute approximate surface area is 125 Å². The van der Waals surface area contributed by atoms with E-state index in [9.17, 15) is 18.3 Å². The molecular formula is C14H20N2O4S. The van der Waals surface area contributed by atoms with E-state index >= 15 is 0 Å². The number of aryl methyl sites for hydroxylation is 1. The molecule has 1 fully saturated rings. The largest absolute Gasteiger partial charge is 0.478 e. The monoisotopic (exact) mass is 312 g/mol. The third-order valence-electron chi connectivity index (χ3n) is 3.63. The number of anilines is 1.